The van der Waals surface area contributed by atoms with Crippen molar-refractivity contribution in [3.05, 3.63) is 0 Å². The van der Waals surface area contributed by atoms with Crippen molar-refractivity contribution < 1.29 is 4.21 Å². The molecule has 1 heterocycles. The Labute approximate surface area is 88.8 Å². The predicted molar refractivity (Wildman–Crippen MR) is 62.4 cm³/mol. The summed E-state index contributed by atoms with van der Waals surface area (Å²) >= 11 is 5.20. The molecule has 76 valence electrons. The Balaban J connectivity index is 3.24. The third-order valence-electron chi connectivity index (χ3n) is 2.80. The van der Waals surface area contributed by atoms with E-state index in [9.17, 15) is 4.21 Å². The highest BCUT2D eigenvalue weighted by atomic mass is 32.2. The van der Waals surface area contributed by atoms with E-state index in [0.29, 0.717) is 0 Å². The number of hydrogen-bond donors (Lipinski definition) is 0. The molecule has 1 aliphatic rings. The molecule has 0 aromatic heterocycles. The van der Waals surface area contributed by atoms with Crippen molar-refractivity contribution >= 4 is 27.2 Å². The minimum Gasteiger partial charge on any atom is -0.253 e. The fraction of sp³-hybridized carbons (Fsp3) is 0.900. The van der Waals surface area contributed by atoms with Crippen LogP contribution in [-0.2, 0) is 10.8 Å². The zero-order valence-electron chi connectivity index (χ0n) is 9.22. The van der Waals surface area contributed by atoms with Crippen LogP contribution in [0.2, 0.25) is 0 Å². The molecule has 1 aliphatic heterocycles. The Bertz CT molecular complexity index is 248. The van der Waals surface area contributed by atoms with Gasteiger partial charge in [-0.1, -0.05) is 53.8 Å². The van der Waals surface area contributed by atoms with Gasteiger partial charge in [0.2, 0.25) is 0 Å². The first-order valence-corrected chi connectivity index (χ1v) is 6.09. The summed E-state index contributed by atoms with van der Waals surface area (Å²) in [6.07, 6.45) is 0. The maximum atomic E-state index is 11.8. The Hall–Kier alpha value is 0.240. The second-order valence-electron chi connectivity index (χ2n) is 5.74. The molecule has 1 atom stereocenters. The molecule has 13 heavy (non-hydrogen) atoms. The average molecular weight is 218 g/mol. The molecule has 3 heteroatoms. The first-order chi connectivity index (χ1) is 5.57. The topological polar surface area (TPSA) is 17.1 Å². The monoisotopic (exact) mass is 218 g/mol. The average Bonchev–Trinajstić information content (AvgIpc) is 2.32. The van der Waals surface area contributed by atoms with Gasteiger partial charge in [0.1, 0.15) is 8.94 Å². The maximum Gasteiger partial charge on any atom is 0.104 e. The normalized spacial score (nSPS) is 27.5. The van der Waals surface area contributed by atoms with Gasteiger partial charge < -0.3 is 0 Å². The quantitative estimate of drug-likeness (QED) is 0.459. The van der Waals surface area contributed by atoms with Gasteiger partial charge in [-0.25, -0.2) is 0 Å². The molecule has 0 saturated carbocycles. The van der Waals surface area contributed by atoms with Crippen LogP contribution >= 0.6 is 12.2 Å². The van der Waals surface area contributed by atoms with Crippen LogP contribution < -0.4 is 0 Å². The molecule has 1 rings (SSSR count). The number of thiocarbonyl (C=S) groups is 1. The fourth-order valence-corrected chi connectivity index (χ4v) is 5.78. The molecule has 0 aliphatic carbocycles. The van der Waals surface area contributed by atoms with Crippen LogP contribution in [0.4, 0.5) is 0 Å². The zero-order valence-corrected chi connectivity index (χ0v) is 10.9. The number of rotatable bonds is 0. The fourth-order valence-electron chi connectivity index (χ4n) is 2.48. The van der Waals surface area contributed by atoms with E-state index in [-0.39, 0.29) is 15.6 Å². The lowest BCUT2D eigenvalue weighted by atomic mass is 9.67. The Morgan fingerprint density at radius 2 is 1.31 bits per heavy atom. The lowest BCUT2D eigenvalue weighted by Crippen LogP contribution is -2.43. The summed E-state index contributed by atoms with van der Waals surface area (Å²) < 4.78 is 12.3. The first kappa shape index (κ1) is 11.3. The van der Waals surface area contributed by atoms with Crippen LogP contribution in [0.3, 0.4) is 0 Å². The molecular weight excluding hydrogens is 200 g/mol. The Kier molecular flexibility index (Phi) is 2.29. The summed E-state index contributed by atoms with van der Waals surface area (Å²) in [4.78, 5) is 0. The van der Waals surface area contributed by atoms with E-state index < -0.39 is 10.8 Å². The number of hydrogen-bond acceptors (Lipinski definition) is 2. The second kappa shape index (κ2) is 2.63. The van der Waals surface area contributed by atoms with Crippen LogP contribution in [0.25, 0.3) is 0 Å². The van der Waals surface area contributed by atoms with E-state index in [1.807, 2.05) is 0 Å². The Morgan fingerprint density at radius 3 is 1.31 bits per heavy atom. The van der Waals surface area contributed by atoms with Crippen LogP contribution in [0.5, 0.6) is 0 Å². The van der Waals surface area contributed by atoms with Crippen LogP contribution in [0.15, 0.2) is 0 Å². The van der Waals surface area contributed by atoms with E-state index >= 15 is 0 Å². The first-order valence-electron chi connectivity index (χ1n) is 4.53. The molecule has 0 N–H and O–H groups in total. The van der Waals surface area contributed by atoms with E-state index in [4.69, 9.17) is 12.2 Å². The minimum atomic E-state index is -0.910. The van der Waals surface area contributed by atoms with Gasteiger partial charge in [0.15, 0.2) is 0 Å². The molecule has 0 spiro atoms. The summed E-state index contributed by atoms with van der Waals surface area (Å²) in [6.45, 7) is 12.7. The molecule has 1 nitrogen and oxygen atoms in total. The summed E-state index contributed by atoms with van der Waals surface area (Å²) in [5, 5.41) is 0. The zero-order chi connectivity index (χ0) is 10.7. The van der Waals surface area contributed by atoms with E-state index in [1.165, 1.54) is 0 Å². The van der Waals surface area contributed by atoms with Gasteiger partial charge in [-0.05, 0) is 10.8 Å². The lowest BCUT2D eigenvalue weighted by molar-refractivity contribution is 0.216. The third-order valence-corrected chi connectivity index (χ3v) is 6.12. The van der Waals surface area contributed by atoms with Gasteiger partial charge in [-0.15, -0.1) is 0 Å². The molecule has 0 radical (unpaired) electrons. The molecule has 0 amide bonds. The van der Waals surface area contributed by atoms with Crippen LogP contribution in [0, 0.1) is 10.8 Å². The second-order valence-corrected chi connectivity index (χ2v) is 7.96. The van der Waals surface area contributed by atoms with E-state index in [0.717, 1.165) is 4.20 Å². The predicted octanol–water partition coefficient (Wildman–Crippen LogP) is 2.91. The molecule has 0 aromatic rings. The standard InChI is InChI=1S/C10H18OS2/c1-8(2,3)10(9(4,5)6)7(12)13(10)11/h1-6H3. The lowest BCUT2D eigenvalue weighted by Gasteiger charge is -2.38. The highest BCUT2D eigenvalue weighted by Gasteiger charge is 2.71. The highest BCUT2D eigenvalue weighted by molar-refractivity contribution is 8.25. The summed E-state index contributed by atoms with van der Waals surface area (Å²) in [7, 11) is -0.910. The van der Waals surface area contributed by atoms with E-state index in [2.05, 4.69) is 41.5 Å². The third kappa shape index (κ3) is 1.23. The maximum absolute atomic E-state index is 11.8. The van der Waals surface area contributed by atoms with Gasteiger partial charge in [0, 0.05) is 0 Å². The van der Waals surface area contributed by atoms with Crippen molar-refractivity contribution in [2.45, 2.75) is 46.3 Å². The van der Waals surface area contributed by atoms with Crippen molar-refractivity contribution in [3.8, 4) is 0 Å². The summed E-state index contributed by atoms with van der Waals surface area (Å²) in [5.74, 6) is 0. The van der Waals surface area contributed by atoms with Gasteiger partial charge >= 0.3 is 0 Å². The van der Waals surface area contributed by atoms with Crippen molar-refractivity contribution in [2.75, 3.05) is 0 Å². The van der Waals surface area contributed by atoms with E-state index in [1.54, 1.807) is 0 Å². The van der Waals surface area contributed by atoms with Gasteiger partial charge in [0.25, 0.3) is 0 Å². The van der Waals surface area contributed by atoms with Gasteiger partial charge in [-0.2, -0.15) is 0 Å². The van der Waals surface area contributed by atoms with Crippen LogP contribution in [0.1, 0.15) is 41.5 Å². The highest BCUT2D eigenvalue weighted by Crippen LogP contribution is 2.59. The smallest absolute Gasteiger partial charge is 0.104 e. The molecule has 1 fully saturated rings. The SMILES string of the molecule is CC(C)(C)C1(C(C)(C)C)C(=S)S1=O. The largest absolute Gasteiger partial charge is 0.253 e. The van der Waals surface area contributed by atoms with Gasteiger partial charge in [-0.3, -0.25) is 4.21 Å². The van der Waals surface area contributed by atoms with Crippen molar-refractivity contribution in [2.24, 2.45) is 10.8 Å². The Morgan fingerprint density at radius 1 is 1.08 bits per heavy atom. The molecule has 1 saturated heterocycles. The van der Waals surface area contributed by atoms with Crippen molar-refractivity contribution in [1.29, 1.82) is 0 Å². The molecule has 0 bridgehead atoms. The summed E-state index contributed by atoms with van der Waals surface area (Å²) in [5.41, 5.74) is -0.0135. The summed E-state index contributed by atoms with van der Waals surface area (Å²) in [6, 6.07) is 0. The molecular formula is C10H18OS2. The van der Waals surface area contributed by atoms with Crippen molar-refractivity contribution in [1.82, 2.24) is 0 Å². The van der Waals surface area contributed by atoms with Crippen molar-refractivity contribution in [3.63, 3.8) is 0 Å². The minimum absolute atomic E-state index is 0.00675. The van der Waals surface area contributed by atoms with Crippen LogP contribution in [-0.4, -0.2) is 13.2 Å². The molecule has 1 unspecified atom stereocenters. The molecule has 0 aromatic carbocycles. The van der Waals surface area contributed by atoms with Gasteiger partial charge in [0.05, 0.1) is 10.8 Å².